The van der Waals surface area contributed by atoms with Crippen LogP contribution in [0.1, 0.15) is 47.1 Å². The Bertz CT molecular complexity index is 1050. The Morgan fingerprint density at radius 1 is 1.29 bits per heavy atom. The molecule has 2 fully saturated rings. The first-order chi connectivity index (χ1) is 14.7. The number of carbonyl (C=O) groups is 1. The maximum Gasteiger partial charge on any atom is 0.178 e. The van der Waals surface area contributed by atoms with Crippen molar-refractivity contribution in [1.29, 1.82) is 0 Å². The minimum Gasteiger partial charge on any atom is -0.351 e. The van der Waals surface area contributed by atoms with Crippen LogP contribution in [0.2, 0.25) is 0 Å². The zero-order chi connectivity index (χ0) is 22.2. The molecule has 2 aliphatic rings. The monoisotopic (exact) mass is 445 g/mol. The molecule has 0 N–H and O–H groups in total. The zero-order valence-electron chi connectivity index (χ0n) is 18.5. The van der Waals surface area contributed by atoms with Gasteiger partial charge in [-0.2, -0.15) is 5.10 Å². The van der Waals surface area contributed by atoms with Gasteiger partial charge in [-0.3, -0.25) is 9.69 Å². The summed E-state index contributed by atoms with van der Waals surface area (Å²) in [5, 5.41) is 8.24. The number of hydrogen-bond acceptors (Lipinski definition) is 7. The maximum absolute atomic E-state index is 13.1. The second kappa shape index (κ2) is 8.70. The third-order valence-corrected chi connectivity index (χ3v) is 8.27. The van der Waals surface area contributed by atoms with Gasteiger partial charge in [0.2, 0.25) is 0 Å². The van der Waals surface area contributed by atoms with Gasteiger partial charge in [-0.1, -0.05) is 0 Å². The fourth-order valence-corrected chi connectivity index (χ4v) is 6.83. The molecule has 31 heavy (non-hydrogen) atoms. The normalized spacial score (nSPS) is 23.0. The molecule has 8 nitrogen and oxygen atoms in total. The third kappa shape index (κ3) is 4.67. The molecular formula is C22H31N5O3S. The van der Waals surface area contributed by atoms with E-state index in [1.165, 1.54) is 0 Å². The zero-order valence-corrected chi connectivity index (χ0v) is 19.3. The van der Waals surface area contributed by atoms with Gasteiger partial charge < -0.3 is 9.47 Å². The van der Waals surface area contributed by atoms with Crippen LogP contribution in [0, 0.1) is 13.8 Å². The smallest absolute Gasteiger partial charge is 0.178 e. The molecule has 2 aliphatic heterocycles. The Balaban J connectivity index is 1.42. The van der Waals surface area contributed by atoms with Crippen LogP contribution in [0.25, 0.3) is 0 Å². The van der Waals surface area contributed by atoms with E-state index in [1.807, 2.05) is 43.7 Å². The molecule has 0 aromatic carbocycles. The predicted molar refractivity (Wildman–Crippen MR) is 120 cm³/mol. The van der Waals surface area contributed by atoms with Crippen molar-refractivity contribution >= 4 is 21.4 Å². The average Bonchev–Trinajstić information content (AvgIpc) is 3.39. The molecule has 2 atom stereocenters. The first-order valence-electron chi connectivity index (χ1n) is 10.9. The largest absolute Gasteiger partial charge is 0.351 e. The highest BCUT2D eigenvalue weighted by molar-refractivity contribution is 7.91. The molecule has 2 unspecified atom stereocenters. The molecular weight excluding hydrogens is 414 g/mol. The summed E-state index contributed by atoms with van der Waals surface area (Å²) in [7, 11) is -0.997. The Kier molecular flexibility index (Phi) is 6.16. The van der Waals surface area contributed by atoms with Crippen molar-refractivity contribution in [1.82, 2.24) is 19.7 Å². The Morgan fingerprint density at radius 2 is 2.10 bits per heavy atom. The standard InChI is InChI=1S/C22H31N5O3S/c1-16-12-20(17(2)27(16)19-8-11-31(29,30)15-19)21(28)14-25(3)13-18-6-5-10-26(18)22-7-4-9-23-24-22/h4,7,9,12,18-19H,5-6,8,10-11,13-15H2,1-3H3. The fraction of sp³-hybridized carbons (Fsp3) is 0.591. The lowest BCUT2D eigenvalue weighted by Gasteiger charge is -2.29. The highest BCUT2D eigenvalue weighted by atomic mass is 32.2. The minimum absolute atomic E-state index is 0.0664. The van der Waals surface area contributed by atoms with Gasteiger partial charge in [-0.15, -0.1) is 5.10 Å². The van der Waals surface area contributed by atoms with Gasteiger partial charge in [-0.25, -0.2) is 8.42 Å². The van der Waals surface area contributed by atoms with E-state index < -0.39 is 9.84 Å². The van der Waals surface area contributed by atoms with E-state index in [-0.39, 0.29) is 23.3 Å². The number of hydrogen-bond donors (Lipinski definition) is 0. The van der Waals surface area contributed by atoms with Crippen molar-refractivity contribution in [2.75, 3.05) is 43.1 Å². The van der Waals surface area contributed by atoms with Crippen LogP contribution < -0.4 is 4.90 Å². The van der Waals surface area contributed by atoms with Crippen LogP contribution in [-0.4, -0.2) is 78.1 Å². The predicted octanol–water partition coefficient (Wildman–Crippen LogP) is 2.04. The maximum atomic E-state index is 13.1. The third-order valence-electron chi connectivity index (χ3n) is 6.52. The molecule has 0 aliphatic carbocycles. The number of likely N-dealkylation sites (N-methyl/N-ethyl adjacent to an activating group) is 1. The van der Waals surface area contributed by atoms with Crippen LogP contribution >= 0.6 is 0 Å². The summed E-state index contributed by atoms with van der Waals surface area (Å²) in [4.78, 5) is 17.5. The summed E-state index contributed by atoms with van der Waals surface area (Å²) < 4.78 is 25.9. The van der Waals surface area contributed by atoms with Crippen LogP contribution in [-0.2, 0) is 9.84 Å². The number of aryl methyl sites for hydroxylation is 1. The minimum atomic E-state index is -2.98. The molecule has 0 spiro atoms. The van der Waals surface area contributed by atoms with E-state index in [4.69, 9.17) is 0 Å². The number of aromatic nitrogens is 3. The molecule has 0 amide bonds. The van der Waals surface area contributed by atoms with E-state index in [9.17, 15) is 13.2 Å². The Labute approximate surface area is 184 Å². The van der Waals surface area contributed by atoms with Gasteiger partial charge in [0.05, 0.1) is 18.1 Å². The summed E-state index contributed by atoms with van der Waals surface area (Å²) in [6, 6.07) is 6.04. The van der Waals surface area contributed by atoms with Gasteiger partial charge in [0, 0.05) is 48.3 Å². The van der Waals surface area contributed by atoms with Gasteiger partial charge >= 0.3 is 0 Å². The summed E-state index contributed by atoms with van der Waals surface area (Å²) in [5.41, 5.74) is 2.53. The highest BCUT2D eigenvalue weighted by Gasteiger charge is 2.32. The van der Waals surface area contributed by atoms with Crippen molar-refractivity contribution in [3.8, 4) is 0 Å². The highest BCUT2D eigenvalue weighted by Crippen LogP contribution is 2.29. The molecule has 4 heterocycles. The molecule has 0 radical (unpaired) electrons. The number of carbonyl (C=O) groups excluding carboxylic acids is 1. The number of anilines is 1. The van der Waals surface area contributed by atoms with Crippen molar-refractivity contribution in [3.05, 3.63) is 41.3 Å². The first kappa shape index (κ1) is 22.0. The summed E-state index contributed by atoms with van der Waals surface area (Å²) in [5.74, 6) is 1.35. The summed E-state index contributed by atoms with van der Waals surface area (Å²) in [6.45, 7) is 5.95. The van der Waals surface area contributed by atoms with Crippen LogP contribution in [0.5, 0.6) is 0 Å². The molecule has 168 valence electrons. The number of ketones is 1. The lowest BCUT2D eigenvalue weighted by Crippen LogP contribution is -2.41. The van der Waals surface area contributed by atoms with Gasteiger partial charge in [0.1, 0.15) is 0 Å². The van der Waals surface area contributed by atoms with Gasteiger partial charge in [0.25, 0.3) is 0 Å². The lowest BCUT2D eigenvalue weighted by atomic mass is 10.1. The molecule has 0 saturated carbocycles. The Hall–Kier alpha value is -2.26. The Morgan fingerprint density at radius 3 is 2.77 bits per heavy atom. The van der Waals surface area contributed by atoms with E-state index in [2.05, 4.69) is 20.0 Å². The summed E-state index contributed by atoms with van der Waals surface area (Å²) >= 11 is 0. The topological polar surface area (TPSA) is 88.4 Å². The van der Waals surface area contributed by atoms with Crippen molar-refractivity contribution in [2.45, 2.75) is 45.2 Å². The van der Waals surface area contributed by atoms with E-state index in [0.717, 1.165) is 43.1 Å². The van der Waals surface area contributed by atoms with E-state index in [0.29, 0.717) is 24.6 Å². The number of rotatable bonds is 7. The second-order valence-corrected chi connectivity index (χ2v) is 11.1. The molecule has 4 rings (SSSR count). The molecule has 9 heteroatoms. The van der Waals surface area contributed by atoms with E-state index in [1.54, 1.807) is 6.20 Å². The number of Topliss-reactive ketones (excluding diaryl/α,β-unsaturated/α-hetero) is 1. The van der Waals surface area contributed by atoms with Crippen LogP contribution in [0.4, 0.5) is 5.82 Å². The SMILES string of the molecule is Cc1cc(C(=O)CN(C)CC2CCCN2c2cccnn2)c(C)n1C1CCS(=O)(=O)C1. The van der Waals surface area contributed by atoms with Gasteiger partial charge in [-0.05, 0) is 58.4 Å². The first-order valence-corrected chi connectivity index (χ1v) is 12.7. The van der Waals surface area contributed by atoms with Crippen LogP contribution in [0.3, 0.4) is 0 Å². The number of sulfone groups is 1. The van der Waals surface area contributed by atoms with Gasteiger partial charge in [0.15, 0.2) is 21.4 Å². The molecule has 2 saturated heterocycles. The van der Waals surface area contributed by atoms with Crippen molar-refractivity contribution < 1.29 is 13.2 Å². The molecule has 2 aromatic heterocycles. The van der Waals surface area contributed by atoms with E-state index >= 15 is 0 Å². The fourth-order valence-electron chi connectivity index (χ4n) is 5.13. The quantitative estimate of drug-likeness (QED) is 0.603. The average molecular weight is 446 g/mol. The van der Waals surface area contributed by atoms with Crippen molar-refractivity contribution in [2.24, 2.45) is 0 Å². The molecule has 0 bridgehead atoms. The second-order valence-electron chi connectivity index (χ2n) is 8.90. The van der Waals surface area contributed by atoms with Crippen molar-refractivity contribution in [3.63, 3.8) is 0 Å². The number of nitrogens with zero attached hydrogens (tertiary/aromatic N) is 5. The lowest BCUT2D eigenvalue weighted by molar-refractivity contribution is 0.0942. The molecule has 2 aromatic rings. The summed E-state index contributed by atoms with van der Waals surface area (Å²) in [6.07, 6.45) is 4.47. The van der Waals surface area contributed by atoms with Crippen LogP contribution in [0.15, 0.2) is 24.4 Å².